The number of halogens is 7. The van der Waals surface area contributed by atoms with Crippen molar-refractivity contribution in [3.05, 3.63) is 179 Å². The molecule has 0 radical (unpaired) electrons. The van der Waals surface area contributed by atoms with Gasteiger partial charge in [0.25, 0.3) is 0 Å². The molecule has 3 fully saturated rings. The van der Waals surface area contributed by atoms with Gasteiger partial charge in [0.15, 0.2) is 0 Å². The number of nitrogens with one attached hydrogen (secondary N) is 9. The van der Waals surface area contributed by atoms with E-state index in [-0.39, 0.29) is 80.6 Å². The van der Waals surface area contributed by atoms with Gasteiger partial charge in [-0.05, 0) is 174 Å². The van der Waals surface area contributed by atoms with Gasteiger partial charge < -0.3 is 107 Å². The third-order valence-electron chi connectivity index (χ3n) is 22.2. The summed E-state index contributed by atoms with van der Waals surface area (Å²) in [6.45, 7) is 25.7. The van der Waals surface area contributed by atoms with Crippen molar-refractivity contribution < 1.29 is 61.0 Å². The summed E-state index contributed by atoms with van der Waals surface area (Å²) in [5, 5.41) is 59.4. The smallest absolute Gasteiger partial charge is 0.247 e. The summed E-state index contributed by atoms with van der Waals surface area (Å²) in [7, 11) is 17.0. The Morgan fingerprint density at radius 2 is 0.659 bits per heavy atom. The van der Waals surface area contributed by atoms with Crippen LogP contribution >= 0.6 is 47.0 Å². The van der Waals surface area contributed by atoms with Crippen LogP contribution in [0.25, 0.3) is 0 Å². The molecule has 129 heavy (non-hydrogen) atoms. The first-order chi connectivity index (χ1) is 61.3. The van der Waals surface area contributed by atoms with E-state index in [9.17, 15) is 46.8 Å². The van der Waals surface area contributed by atoms with E-state index in [2.05, 4.69) is 184 Å². The van der Waals surface area contributed by atoms with Gasteiger partial charge in [-0.15, -0.1) is 0 Å². The minimum Gasteiger partial charge on any atom is -0.494 e. The summed E-state index contributed by atoms with van der Waals surface area (Å²) in [6.07, 6.45) is 12.9. The van der Waals surface area contributed by atoms with E-state index >= 15 is 0 Å². The first-order valence-corrected chi connectivity index (χ1v) is 43.2. The number of aliphatic hydroxyl groups is 3. The third-order valence-corrected chi connectivity index (χ3v) is 23.0. The number of methoxy groups -OCH3 is 3. The molecule has 0 aliphatic carbocycles. The van der Waals surface area contributed by atoms with Crippen molar-refractivity contribution in [1.29, 1.82) is 0 Å². The summed E-state index contributed by atoms with van der Waals surface area (Å²) >= 11 is 18.4. The van der Waals surface area contributed by atoms with Gasteiger partial charge in [0.2, 0.25) is 53.4 Å². The molecule has 0 bridgehead atoms. The number of carbonyl (C=O) groups is 3. The summed E-state index contributed by atoms with van der Waals surface area (Å²) < 4.78 is 70.2. The van der Waals surface area contributed by atoms with E-state index in [0.717, 1.165) is 75.6 Å². The van der Waals surface area contributed by atoms with Crippen LogP contribution in [0.15, 0.2) is 130 Å². The van der Waals surface area contributed by atoms with Crippen LogP contribution in [-0.2, 0) is 31.2 Å². The van der Waals surface area contributed by atoms with Crippen molar-refractivity contribution in [1.82, 2.24) is 59.6 Å². The molecule has 3 aromatic heterocycles. The summed E-state index contributed by atoms with van der Waals surface area (Å²) in [5.74, 6) is -0.551. The van der Waals surface area contributed by atoms with Crippen LogP contribution in [0.2, 0.25) is 15.1 Å². The Bertz CT molecular complexity index is 4960. The quantitative estimate of drug-likeness (QED) is 0.0134. The Hall–Kier alpha value is -11.7. The first-order valence-electron chi connectivity index (χ1n) is 41.0. The second-order valence-electron chi connectivity index (χ2n) is 31.5. The number of nitrogens with zero attached hydrogens (tertiary/aromatic N) is 15. The van der Waals surface area contributed by atoms with Crippen molar-refractivity contribution in [2.75, 3.05) is 172 Å². The minimum absolute atomic E-state index is 0.116. The molecular formula is C88H111Cl3F4N24O9S. The predicted octanol–water partition coefficient (Wildman–Crippen LogP) is 16.4. The predicted molar refractivity (Wildman–Crippen MR) is 506 cm³/mol. The molecule has 3 amide bonds. The summed E-state index contributed by atoms with van der Waals surface area (Å²) in [6, 6.07) is 19.7. The fourth-order valence-corrected chi connectivity index (χ4v) is 14.6. The largest absolute Gasteiger partial charge is 0.494 e. The van der Waals surface area contributed by atoms with Crippen LogP contribution in [0, 0.1) is 17.5 Å². The number of anilines is 18. The summed E-state index contributed by atoms with van der Waals surface area (Å²) in [5.41, 5.74) is 3.65. The zero-order valence-corrected chi connectivity index (χ0v) is 77.9. The van der Waals surface area contributed by atoms with Gasteiger partial charge in [-0.3, -0.25) is 14.4 Å². The SMILES string of the molecule is C=CC(=O)Nc1cc(Nc2ncnc(Nc3cc(Cl)c(F)cc3C(C)(O)CC)n2)c(OC)cc1N1CC[C@@H](N(C)C)C1.C=CC(=O)Nc1cc(Nc2ncnc(Nc3cc(Cl)c(F)cc3C(C)(O)CC)n2)c(OC)cc1N1CC[C@@H](N(C)C)C1.C=CC(=O)Nc1cc(Nc2ncnc(Nc3cc(Cl)c(F)cc3C(C)(O)CC)n2)c(OC)cc1N1CC[C@@H](N(C)C)C1.CSF. The lowest BCUT2D eigenvalue weighted by molar-refractivity contribution is -0.112. The topological polar surface area (TPSA) is 383 Å². The number of benzene rings is 6. The molecule has 6 heterocycles. The lowest BCUT2D eigenvalue weighted by atomic mass is 9.91. The van der Waals surface area contributed by atoms with Crippen LogP contribution in [0.4, 0.5) is 121 Å². The van der Waals surface area contributed by atoms with Crippen molar-refractivity contribution in [2.45, 2.75) is 115 Å². The highest BCUT2D eigenvalue weighted by atomic mass is 35.5. The molecule has 3 aliphatic heterocycles. The number of ether oxygens (including phenoxy) is 3. The molecule has 12 N–H and O–H groups in total. The van der Waals surface area contributed by atoms with Crippen LogP contribution in [0.5, 0.6) is 17.2 Å². The van der Waals surface area contributed by atoms with Gasteiger partial charge in [0, 0.05) is 128 Å². The molecule has 0 spiro atoms. The zero-order valence-electron chi connectivity index (χ0n) is 74.8. The highest BCUT2D eigenvalue weighted by Crippen LogP contribution is 2.46. The molecule has 3 unspecified atom stereocenters. The standard InChI is InChI=1S/3C29H36ClFN8O3.CH3FS/c3*1-7-26(40)34-22-13-23(25(42-6)14-24(22)39-10-9-17(15-39)38(4)5)36-28-33-16-32-27(37-28)35-21-12-19(30)20(31)11-18(21)29(3,41)8-2;1-3-2/h3*7,11-14,16-17,41H,1,8-10,15H2,2-6H3,(H,34,40)(H2,32,33,35,36,37);1H3/t3*17-,29?;/m111./s1. The van der Waals surface area contributed by atoms with Gasteiger partial charge in [-0.2, -0.15) is 18.8 Å². The fourth-order valence-electron chi connectivity index (χ4n) is 14.1. The van der Waals surface area contributed by atoms with E-state index in [1.54, 1.807) is 81.1 Å². The van der Waals surface area contributed by atoms with Gasteiger partial charge in [-0.25, -0.2) is 43.1 Å². The number of hydrogen-bond acceptors (Lipinski definition) is 31. The van der Waals surface area contributed by atoms with Gasteiger partial charge in [0.05, 0.1) is 104 Å². The van der Waals surface area contributed by atoms with E-state index in [0.29, 0.717) is 123 Å². The van der Waals surface area contributed by atoms with E-state index in [4.69, 9.17) is 49.0 Å². The normalized spacial score (nSPS) is 16.0. The number of carbonyl (C=O) groups excluding carboxylic acids is 3. The molecule has 3 aliphatic rings. The van der Waals surface area contributed by atoms with Gasteiger partial charge >= 0.3 is 0 Å². The van der Waals surface area contributed by atoms with Crippen molar-refractivity contribution in [3.8, 4) is 17.2 Å². The van der Waals surface area contributed by atoms with E-state index < -0.39 is 34.3 Å². The number of amides is 3. The number of rotatable bonds is 33. The molecule has 41 heteroatoms. The molecule has 6 aromatic carbocycles. The molecule has 3 saturated heterocycles. The number of likely N-dealkylation sites (N-methyl/N-ethyl adjacent to an activating group) is 3. The Morgan fingerprint density at radius 1 is 0.434 bits per heavy atom. The Kier molecular flexibility index (Phi) is 35.6. The second-order valence-corrected chi connectivity index (χ2v) is 33.0. The summed E-state index contributed by atoms with van der Waals surface area (Å²) in [4.78, 5) is 88.7. The average molecular weight is 1860 g/mol. The van der Waals surface area contributed by atoms with Crippen LogP contribution in [-0.4, -0.2) is 220 Å². The maximum atomic E-state index is 14.3. The van der Waals surface area contributed by atoms with E-state index in [1.807, 2.05) is 18.2 Å². The Labute approximate surface area is 767 Å². The highest BCUT2D eigenvalue weighted by molar-refractivity contribution is 7.93. The van der Waals surface area contributed by atoms with Crippen LogP contribution in [0.3, 0.4) is 0 Å². The number of aromatic nitrogens is 9. The molecule has 0 saturated carbocycles. The van der Waals surface area contributed by atoms with Crippen molar-refractivity contribution >= 4 is 169 Å². The van der Waals surface area contributed by atoms with Crippen molar-refractivity contribution in [2.24, 2.45) is 0 Å². The van der Waals surface area contributed by atoms with Crippen LogP contribution < -0.4 is 76.8 Å². The highest BCUT2D eigenvalue weighted by Gasteiger charge is 2.34. The molecule has 6 atom stereocenters. The second kappa shape index (κ2) is 45.5. The molecule has 33 nitrogen and oxygen atoms in total. The molecule has 12 rings (SSSR count). The molecular weight excluding hydrogens is 1750 g/mol. The maximum Gasteiger partial charge on any atom is 0.247 e. The minimum atomic E-state index is -1.33. The Balaban J connectivity index is 0.000000215. The Morgan fingerprint density at radius 3 is 0.853 bits per heavy atom. The third kappa shape index (κ3) is 26.3. The lowest BCUT2D eigenvalue weighted by Crippen LogP contribution is -2.31. The van der Waals surface area contributed by atoms with Crippen LogP contribution in [0.1, 0.15) is 96.8 Å². The maximum absolute atomic E-state index is 14.3. The van der Waals surface area contributed by atoms with E-state index in [1.165, 1.54) is 79.9 Å². The zero-order chi connectivity index (χ0) is 94.5. The first kappa shape index (κ1) is 101. The molecule has 692 valence electrons. The van der Waals surface area contributed by atoms with Crippen molar-refractivity contribution in [3.63, 3.8) is 0 Å². The average Bonchev–Trinajstić information content (AvgIpc) is 1.43. The lowest BCUT2D eigenvalue weighted by Gasteiger charge is -2.26. The molecule has 9 aromatic rings. The van der Waals surface area contributed by atoms with Gasteiger partial charge in [0.1, 0.15) is 53.7 Å². The number of hydrogen-bond donors (Lipinski definition) is 12. The fraction of sp³-hybridized carbons (Fsp3) is 0.386. The van der Waals surface area contributed by atoms with Gasteiger partial charge in [-0.1, -0.05) is 75.3 Å². The monoisotopic (exact) mass is 1860 g/mol.